The van der Waals surface area contributed by atoms with E-state index in [4.69, 9.17) is 0 Å². The second-order valence-corrected chi connectivity index (χ2v) is 4.45. The number of hydrogen-bond donors (Lipinski definition) is 1. The molecule has 1 N–H and O–H groups in total. The van der Waals surface area contributed by atoms with Crippen LogP contribution in [0.25, 0.3) is 0 Å². The average Bonchev–Trinajstić information content (AvgIpc) is 2.57. The highest BCUT2D eigenvalue weighted by Gasteiger charge is 2.29. The monoisotopic (exact) mass is 285 g/mol. The van der Waals surface area contributed by atoms with E-state index >= 15 is 0 Å². The highest BCUT2D eigenvalue weighted by atomic mass is 35.5. The zero-order chi connectivity index (χ0) is 12.9. The SMILES string of the molecule is CC(C)CCNCc1ccnn1CC(F)(F)F.Cl. The van der Waals surface area contributed by atoms with Gasteiger partial charge in [0.05, 0.1) is 5.69 Å². The first kappa shape index (κ1) is 17.2. The van der Waals surface area contributed by atoms with Crippen molar-refractivity contribution in [2.45, 2.75) is 39.5 Å². The van der Waals surface area contributed by atoms with Gasteiger partial charge in [-0.15, -0.1) is 12.4 Å². The molecule has 18 heavy (non-hydrogen) atoms. The van der Waals surface area contributed by atoms with Crippen molar-refractivity contribution in [3.8, 4) is 0 Å². The summed E-state index contributed by atoms with van der Waals surface area (Å²) in [5.74, 6) is 0.586. The van der Waals surface area contributed by atoms with Crippen molar-refractivity contribution < 1.29 is 13.2 Å². The van der Waals surface area contributed by atoms with Crippen LogP contribution in [0.4, 0.5) is 13.2 Å². The zero-order valence-electron chi connectivity index (χ0n) is 10.5. The Bertz CT molecular complexity index is 337. The molecule has 106 valence electrons. The Hall–Kier alpha value is -0.750. The molecule has 0 bridgehead atoms. The minimum absolute atomic E-state index is 0. The summed E-state index contributed by atoms with van der Waals surface area (Å²) >= 11 is 0. The van der Waals surface area contributed by atoms with E-state index < -0.39 is 12.7 Å². The molecule has 1 rings (SSSR count). The summed E-state index contributed by atoms with van der Waals surface area (Å²) in [6.45, 7) is 4.41. The predicted molar refractivity (Wildman–Crippen MR) is 66.7 cm³/mol. The quantitative estimate of drug-likeness (QED) is 0.814. The topological polar surface area (TPSA) is 29.9 Å². The Morgan fingerprint density at radius 1 is 1.39 bits per heavy atom. The number of hydrogen-bond acceptors (Lipinski definition) is 2. The molecular weight excluding hydrogens is 267 g/mol. The molecule has 0 aliphatic rings. The maximum Gasteiger partial charge on any atom is 0.408 e. The summed E-state index contributed by atoms with van der Waals surface area (Å²) in [6, 6.07) is 1.61. The van der Waals surface area contributed by atoms with E-state index in [1.165, 1.54) is 6.20 Å². The largest absolute Gasteiger partial charge is 0.408 e. The molecule has 0 aliphatic carbocycles. The van der Waals surface area contributed by atoms with Crippen LogP contribution in [0.2, 0.25) is 0 Å². The Labute approximate surface area is 111 Å². The van der Waals surface area contributed by atoms with Gasteiger partial charge in [-0.25, -0.2) is 0 Å². The van der Waals surface area contributed by atoms with Crippen LogP contribution < -0.4 is 5.32 Å². The van der Waals surface area contributed by atoms with Gasteiger partial charge in [0.1, 0.15) is 6.54 Å². The maximum absolute atomic E-state index is 12.2. The van der Waals surface area contributed by atoms with Gasteiger partial charge in [0, 0.05) is 12.7 Å². The Kier molecular flexibility index (Phi) is 7.32. The van der Waals surface area contributed by atoms with Gasteiger partial charge in [-0.05, 0) is 24.9 Å². The van der Waals surface area contributed by atoms with Crippen LogP contribution in [-0.2, 0) is 13.1 Å². The number of aromatic nitrogens is 2. The van der Waals surface area contributed by atoms with Gasteiger partial charge in [0.15, 0.2) is 0 Å². The van der Waals surface area contributed by atoms with Gasteiger partial charge in [0.2, 0.25) is 0 Å². The lowest BCUT2D eigenvalue weighted by Crippen LogP contribution is -2.23. The zero-order valence-corrected chi connectivity index (χ0v) is 11.3. The maximum atomic E-state index is 12.2. The van der Waals surface area contributed by atoms with Crippen molar-refractivity contribution in [1.82, 2.24) is 15.1 Å². The summed E-state index contributed by atoms with van der Waals surface area (Å²) in [5.41, 5.74) is 0.561. The van der Waals surface area contributed by atoms with E-state index in [1.54, 1.807) is 6.07 Å². The van der Waals surface area contributed by atoms with Crippen molar-refractivity contribution in [3.63, 3.8) is 0 Å². The summed E-state index contributed by atoms with van der Waals surface area (Å²) in [7, 11) is 0. The molecule has 0 aromatic carbocycles. The fourth-order valence-corrected chi connectivity index (χ4v) is 1.43. The predicted octanol–water partition coefficient (Wildman–Crippen LogP) is 3.00. The molecule has 1 aromatic rings. The fraction of sp³-hybridized carbons (Fsp3) is 0.727. The van der Waals surface area contributed by atoms with Crippen molar-refractivity contribution in [1.29, 1.82) is 0 Å². The molecule has 0 saturated heterocycles. The first-order valence-corrected chi connectivity index (χ1v) is 5.66. The van der Waals surface area contributed by atoms with Crippen LogP contribution in [-0.4, -0.2) is 22.5 Å². The molecule has 0 radical (unpaired) electrons. The molecule has 0 saturated carbocycles. The van der Waals surface area contributed by atoms with E-state index in [1.807, 2.05) is 0 Å². The molecule has 1 heterocycles. The summed E-state index contributed by atoms with van der Waals surface area (Å²) in [4.78, 5) is 0. The third-order valence-corrected chi connectivity index (χ3v) is 2.34. The Balaban J connectivity index is 0.00000289. The van der Waals surface area contributed by atoms with Crippen molar-refractivity contribution in [2.24, 2.45) is 5.92 Å². The molecule has 7 heteroatoms. The van der Waals surface area contributed by atoms with Gasteiger partial charge in [-0.3, -0.25) is 4.68 Å². The minimum atomic E-state index is -4.22. The van der Waals surface area contributed by atoms with E-state index in [0.29, 0.717) is 18.2 Å². The molecule has 0 aliphatic heterocycles. The third kappa shape index (κ3) is 6.86. The molecule has 0 spiro atoms. The molecular formula is C11H19ClF3N3. The number of halogens is 4. The average molecular weight is 286 g/mol. The molecule has 0 unspecified atom stereocenters. The normalized spacial score (nSPS) is 11.7. The standard InChI is InChI=1S/C11H18F3N3.ClH/c1-9(2)3-5-15-7-10-4-6-16-17(10)8-11(12,13)14;/h4,6,9,15H,3,5,7-8H2,1-2H3;1H. The summed E-state index contributed by atoms with van der Waals surface area (Å²) in [6.07, 6.45) is -1.82. The molecule has 0 fully saturated rings. The van der Waals surface area contributed by atoms with Gasteiger partial charge >= 0.3 is 6.18 Å². The molecule has 0 atom stereocenters. The highest BCUT2D eigenvalue weighted by molar-refractivity contribution is 5.85. The first-order chi connectivity index (χ1) is 7.88. The van der Waals surface area contributed by atoms with Crippen LogP contribution >= 0.6 is 12.4 Å². The lowest BCUT2D eigenvalue weighted by molar-refractivity contribution is -0.143. The van der Waals surface area contributed by atoms with Gasteiger partial charge in [-0.1, -0.05) is 13.8 Å². The fourth-order valence-electron chi connectivity index (χ4n) is 1.43. The number of nitrogens with zero attached hydrogens (tertiary/aromatic N) is 2. The van der Waals surface area contributed by atoms with E-state index in [-0.39, 0.29) is 12.4 Å². The minimum Gasteiger partial charge on any atom is -0.311 e. The first-order valence-electron chi connectivity index (χ1n) is 5.66. The van der Waals surface area contributed by atoms with Crippen LogP contribution in [0.15, 0.2) is 12.3 Å². The third-order valence-electron chi connectivity index (χ3n) is 2.34. The summed E-state index contributed by atoms with van der Waals surface area (Å²) < 4.78 is 37.6. The second-order valence-electron chi connectivity index (χ2n) is 4.45. The number of alkyl halides is 3. The molecule has 3 nitrogen and oxygen atoms in total. The Morgan fingerprint density at radius 2 is 2.06 bits per heavy atom. The van der Waals surface area contributed by atoms with Gasteiger partial charge in [0.25, 0.3) is 0 Å². The smallest absolute Gasteiger partial charge is 0.311 e. The van der Waals surface area contributed by atoms with Crippen molar-refractivity contribution in [2.75, 3.05) is 6.54 Å². The molecule has 0 amide bonds. The van der Waals surface area contributed by atoms with Crippen LogP contribution in [0.3, 0.4) is 0 Å². The lowest BCUT2D eigenvalue weighted by atomic mass is 10.1. The lowest BCUT2D eigenvalue weighted by Gasteiger charge is -2.11. The number of nitrogens with one attached hydrogen (secondary N) is 1. The highest BCUT2D eigenvalue weighted by Crippen LogP contribution is 2.17. The van der Waals surface area contributed by atoms with Crippen molar-refractivity contribution >= 4 is 12.4 Å². The summed E-state index contributed by atoms with van der Waals surface area (Å²) in [5, 5.41) is 6.79. The van der Waals surface area contributed by atoms with Gasteiger partial charge < -0.3 is 5.32 Å². The van der Waals surface area contributed by atoms with E-state index in [0.717, 1.165) is 17.6 Å². The van der Waals surface area contributed by atoms with Gasteiger partial charge in [-0.2, -0.15) is 18.3 Å². The second kappa shape index (κ2) is 7.63. The van der Waals surface area contributed by atoms with E-state index in [2.05, 4.69) is 24.3 Å². The van der Waals surface area contributed by atoms with Crippen LogP contribution in [0, 0.1) is 5.92 Å². The number of rotatable bonds is 6. The van der Waals surface area contributed by atoms with Crippen LogP contribution in [0.5, 0.6) is 0 Å². The van der Waals surface area contributed by atoms with E-state index in [9.17, 15) is 13.2 Å². The van der Waals surface area contributed by atoms with Crippen molar-refractivity contribution in [3.05, 3.63) is 18.0 Å². The van der Waals surface area contributed by atoms with Crippen LogP contribution in [0.1, 0.15) is 26.0 Å². The molecule has 1 aromatic heterocycles. The Morgan fingerprint density at radius 3 is 2.61 bits per heavy atom.